The SMILES string of the molecule is C=CCNCCN1CCN(CC(C)C)CC1. The standard InChI is InChI=1S/C13H27N3/c1-4-5-14-6-7-15-8-10-16(11-9-15)12-13(2)3/h4,13-14H,1,5-12H2,2-3H3. The molecule has 0 bridgehead atoms. The van der Waals surface area contributed by atoms with E-state index >= 15 is 0 Å². The third-order valence-corrected chi connectivity index (χ3v) is 2.98. The first-order chi connectivity index (χ1) is 7.72. The van der Waals surface area contributed by atoms with Crippen LogP contribution < -0.4 is 5.32 Å². The number of nitrogens with zero attached hydrogens (tertiary/aromatic N) is 2. The molecule has 1 N–H and O–H groups in total. The second-order valence-corrected chi connectivity index (χ2v) is 5.03. The molecule has 1 aliphatic heterocycles. The van der Waals surface area contributed by atoms with Gasteiger partial charge in [0.25, 0.3) is 0 Å². The van der Waals surface area contributed by atoms with Crippen molar-refractivity contribution in [1.29, 1.82) is 0 Å². The second-order valence-electron chi connectivity index (χ2n) is 5.03. The number of rotatable bonds is 7. The Bertz CT molecular complexity index is 184. The highest BCUT2D eigenvalue weighted by Crippen LogP contribution is 2.04. The summed E-state index contributed by atoms with van der Waals surface area (Å²) in [6.07, 6.45) is 1.92. The third kappa shape index (κ3) is 5.64. The fourth-order valence-corrected chi connectivity index (χ4v) is 2.15. The Labute approximate surface area is 100 Å². The van der Waals surface area contributed by atoms with Crippen molar-refractivity contribution in [2.75, 3.05) is 52.4 Å². The Morgan fingerprint density at radius 2 is 1.81 bits per heavy atom. The van der Waals surface area contributed by atoms with Crippen LogP contribution in [0.5, 0.6) is 0 Å². The van der Waals surface area contributed by atoms with E-state index in [1.165, 1.54) is 39.3 Å². The van der Waals surface area contributed by atoms with Gasteiger partial charge < -0.3 is 10.2 Å². The van der Waals surface area contributed by atoms with Crippen LogP contribution in [0.2, 0.25) is 0 Å². The van der Waals surface area contributed by atoms with E-state index in [4.69, 9.17) is 0 Å². The van der Waals surface area contributed by atoms with Gasteiger partial charge in [-0.3, -0.25) is 4.90 Å². The molecule has 0 amide bonds. The lowest BCUT2D eigenvalue weighted by Gasteiger charge is -2.35. The van der Waals surface area contributed by atoms with Crippen molar-refractivity contribution in [2.45, 2.75) is 13.8 Å². The summed E-state index contributed by atoms with van der Waals surface area (Å²) >= 11 is 0. The minimum Gasteiger partial charge on any atom is -0.312 e. The molecule has 1 fully saturated rings. The summed E-state index contributed by atoms with van der Waals surface area (Å²) < 4.78 is 0. The highest BCUT2D eigenvalue weighted by molar-refractivity contribution is 4.74. The van der Waals surface area contributed by atoms with Gasteiger partial charge in [0.15, 0.2) is 0 Å². The van der Waals surface area contributed by atoms with Gasteiger partial charge in [-0.1, -0.05) is 19.9 Å². The molecule has 0 spiro atoms. The number of hydrogen-bond acceptors (Lipinski definition) is 3. The van der Waals surface area contributed by atoms with E-state index in [0.717, 1.165) is 19.0 Å². The minimum absolute atomic E-state index is 0.792. The molecule has 3 nitrogen and oxygen atoms in total. The molecule has 1 aliphatic rings. The molecule has 0 aromatic carbocycles. The Morgan fingerprint density at radius 3 is 2.38 bits per heavy atom. The summed E-state index contributed by atoms with van der Waals surface area (Å²) in [4.78, 5) is 5.13. The first kappa shape index (κ1) is 13.7. The van der Waals surface area contributed by atoms with Crippen LogP contribution in [0.1, 0.15) is 13.8 Å². The molecule has 0 radical (unpaired) electrons. The maximum atomic E-state index is 3.70. The van der Waals surface area contributed by atoms with Crippen LogP contribution >= 0.6 is 0 Å². The summed E-state index contributed by atoms with van der Waals surface area (Å²) in [6, 6.07) is 0. The van der Waals surface area contributed by atoms with Crippen molar-refractivity contribution in [3.63, 3.8) is 0 Å². The highest BCUT2D eigenvalue weighted by atomic mass is 15.3. The number of piperazine rings is 1. The van der Waals surface area contributed by atoms with E-state index in [1.54, 1.807) is 0 Å². The van der Waals surface area contributed by atoms with Crippen LogP contribution in [0, 0.1) is 5.92 Å². The summed E-state index contributed by atoms with van der Waals surface area (Å²) in [6.45, 7) is 17.6. The molecule has 94 valence electrons. The quantitative estimate of drug-likeness (QED) is 0.516. The van der Waals surface area contributed by atoms with Crippen molar-refractivity contribution in [1.82, 2.24) is 15.1 Å². The predicted octanol–water partition coefficient (Wildman–Crippen LogP) is 1.04. The van der Waals surface area contributed by atoms with Crippen molar-refractivity contribution in [2.24, 2.45) is 5.92 Å². The Kier molecular flexibility index (Phi) is 6.69. The van der Waals surface area contributed by atoms with Gasteiger partial charge in [0.1, 0.15) is 0 Å². The topological polar surface area (TPSA) is 18.5 Å². The van der Waals surface area contributed by atoms with Crippen LogP contribution in [-0.4, -0.2) is 62.2 Å². The maximum absolute atomic E-state index is 3.70. The molecular formula is C13H27N3. The van der Waals surface area contributed by atoms with Crippen molar-refractivity contribution in [3.05, 3.63) is 12.7 Å². The van der Waals surface area contributed by atoms with E-state index < -0.39 is 0 Å². The Balaban J connectivity index is 2.05. The first-order valence-corrected chi connectivity index (χ1v) is 6.48. The molecule has 1 heterocycles. The number of nitrogens with one attached hydrogen (secondary N) is 1. The third-order valence-electron chi connectivity index (χ3n) is 2.98. The van der Waals surface area contributed by atoms with Crippen LogP contribution in [0.3, 0.4) is 0 Å². The van der Waals surface area contributed by atoms with Crippen LogP contribution in [-0.2, 0) is 0 Å². The van der Waals surface area contributed by atoms with E-state index in [9.17, 15) is 0 Å². The average molecular weight is 225 g/mol. The van der Waals surface area contributed by atoms with Gasteiger partial charge in [-0.15, -0.1) is 6.58 Å². The zero-order valence-electron chi connectivity index (χ0n) is 10.9. The summed E-state index contributed by atoms with van der Waals surface area (Å²) in [5, 5.41) is 3.35. The second kappa shape index (κ2) is 7.82. The summed E-state index contributed by atoms with van der Waals surface area (Å²) in [7, 11) is 0. The van der Waals surface area contributed by atoms with Gasteiger partial charge in [-0.2, -0.15) is 0 Å². The molecule has 16 heavy (non-hydrogen) atoms. The van der Waals surface area contributed by atoms with Gasteiger partial charge >= 0.3 is 0 Å². The van der Waals surface area contributed by atoms with E-state index in [-0.39, 0.29) is 0 Å². The smallest absolute Gasteiger partial charge is 0.0132 e. The summed E-state index contributed by atoms with van der Waals surface area (Å²) in [5.74, 6) is 0.792. The lowest BCUT2D eigenvalue weighted by molar-refractivity contribution is 0.123. The zero-order valence-corrected chi connectivity index (χ0v) is 10.9. The molecule has 1 saturated heterocycles. The molecular weight excluding hydrogens is 198 g/mol. The largest absolute Gasteiger partial charge is 0.312 e. The van der Waals surface area contributed by atoms with Gasteiger partial charge in [-0.05, 0) is 5.92 Å². The first-order valence-electron chi connectivity index (χ1n) is 6.48. The van der Waals surface area contributed by atoms with Gasteiger partial charge in [-0.25, -0.2) is 0 Å². The van der Waals surface area contributed by atoms with E-state index in [1.807, 2.05) is 6.08 Å². The zero-order chi connectivity index (χ0) is 11.8. The highest BCUT2D eigenvalue weighted by Gasteiger charge is 2.16. The van der Waals surface area contributed by atoms with Crippen molar-refractivity contribution >= 4 is 0 Å². The van der Waals surface area contributed by atoms with E-state index in [0.29, 0.717) is 0 Å². The van der Waals surface area contributed by atoms with Crippen LogP contribution in [0.15, 0.2) is 12.7 Å². The molecule has 1 rings (SSSR count). The maximum Gasteiger partial charge on any atom is 0.0132 e. The molecule has 0 aliphatic carbocycles. The Hall–Kier alpha value is -0.380. The van der Waals surface area contributed by atoms with Crippen LogP contribution in [0.4, 0.5) is 0 Å². The van der Waals surface area contributed by atoms with Crippen molar-refractivity contribution in [3.8, 4) is 0 Å². The van der Waals surface area contributed by atoms with Gasteiger partial charge in [0, 0.05) is 52.4 Å². The number of hydrogen-bond donors (Lipinski definition) is 1. The average Bonchev–Trinajstić information content (AvgIpc) is 2.26. The molecule has 3 heteroatoms. The normalized spacial score (nSPS) is 19.2. The lowest BCUT2D eigenvalue weighted by Crippen LogP contribution is -2.48. The monoisotopic (exact) mass is 225 g/mol. The summed E-state index contributed by atoms with van der Waals surface area (Å²) in [5.41, 5.74) is 0. The van der Waals surface area contributed by atoms with Crippen molar-refractivity contribution < 1.29 is 0 Å². The molecule has 0 unspecified atom stereocenters. The fraction of sp³-hybridized carbons (Fsp3) is 0.846. The lowest BCUT2D eigenvalue weighted by atomic mass is 10.2. The predicted molar refractivity (Wildman–Crippen MR) is 70.8 cm³/mol. The minimum atomic E-state index is 0.792. The molecule has 0 atom stereocenters. The van der Waals surface area contributed by atoms with Gasteiger partial charge in [0.05, 0.1) is 0 Å². The van der Waals surface area contributed by atoms with Crippen LogP contribution in [0.25, 0.3) is 0 Å². The Morgan fingerprint density at radius 1 is 1.19 bits per heavy atom. The molecule has 0 saturated carbocycles. The van der Waals surface area contributed by atoms with Gasteiger partial charge in [0.2, 0.25) is 0 Å². The molecule has 0 aromatic rings. The van der Waals surface area contributed by atoms with E-state index in [2.05, 4.69) is 35.5 Å². The molecule has 0 aromatic heterocycles. The fourth-order valence-electron chi connectivity index (χ4n) is 2.15.